The molecule has 0 amide bonds. The highest BCUT2D eigenvalue weighted by Gasteiger charge is 2.83. The molecule has 202 valence electrons. The maximum Gasteiger partial charge on any atom is 0.309 e. The number of aliphatic hydroxyl groups is 2. The largest absolute Gasteiger partial charge is 0.461 e. The minimum atomic E-state index is -1.08. The number of rotatable bonds is 0. The van der Waals surface area contributed by atoms with Crippen LogP contribution in [0, 0.1) is 64.6 Å². The van der Waals surface area contributed by atoms with Gasteiger partial charge >= 0.3 is 11.9 Å². The van der Waals surface area contributed by atoms with Gasteiger partial charge in [-0.3, -0.25) is 14.4 Å². The number of allylic oxidation sites excluding steroid dienone is 1. The van der Waals surface area contributed by atoms with E-state index in [4.69, 9.17) is 9.47 Å². The Bertz CT molecular complexity index is 1150. The van der Waals surface area contributed by atoms with E-state index in [2.05, 4.69) is 6.92 Å². The van der Waals surface area contributed by atoms with Crippen LogP contribution in [0.1, 0.15) is 67.2 Å². The Balaban J connectivity index is 1.49. The Kier molecular flexibility index (Phi) is 4.64. The molecule has 7 rings (SSSR count). The molecule has 0 aromatic heterocycles. The van der Waals surface area contributed by atoms with Crippen LogP contribution in [0.5, 0.6) is 0 Å². The molecule has 2 heterocycles. The quantitative estimate of drug-likeness (QED) is 0.379. The van der Waals surface area contributed by atoms with Gasteiger partial charge in [-0.15, -0.1) is 0 Å². The van der Waals surface area contributed by atoms with E-state index in [1.165, 1.54) is 0 Å². The zero-order chi connectivity index (χ0) is 26.6. The minimum Gasteiger partial charge on any atom is -0.461 e. The fraction of sp³-hybridized carbons (Fsp3) is 0.833. The van der Waals surface area contributed by atoms with Crippen LogP contribution in [0.2, 0.25) is 0 Å². The van der Waals surface area contributed by atoms with Crippen LogP contribution in [0.4, 0.5) is 0 Å². The lowest BCUT2D eigenvalue weighted by Gasteiger charge is -2.49. The topological polar surface area (TPSA) is 110 Å². The second kappa shape index (κ2) is 7.07. The van der Waals surface area contributed by atoms with Gasteiger partial charge in [0.25, 0.3) is 0 Å². The number of ether oxygens (including phenoxy) is 2. The first-order valence-electron chi connectivity index (χ1n) is 14.4. The van der Waals surface area contributed by atoms with Crippen molar-refractivity contribution in [1.29, 1.82) is 0 Å². The smallest absolute Gasteiger partial charge is 0.309 e. The molecule has 0 aromatic carbocycles. The summed E-state index contributed by atoms with van der Waals surface area (Å²) in [4.78, 5) is 39.9. The number of hydrogen-bond acceptors (Lipinski definition) is 7. The van der Waals surface area contributed by atoms with Crippen molar-refractivity contribution in [3.63, 3.8) is 0 Å². The number of hydrogen-bond donors (Lipinski definition) is 2. The molecule has 5 aliphatic carbocycles. The van der Waals surface area contributed by atoms with Crippen molar-refractivity contribution < 1.29 is 34.1 Å². The molecule has 6 fully saturated rings. The van der Waals surface area contributed by atoms with Gasteiger partial charge in [-0.25, -0.2) is 0 Å². The van der Waals surface area contributed by atoms with Gasteiger partial charge in [0.1, 0.15) is 18.0 Å². The molecule has 37 heavy (non-hydrogen) atoms. The third-order valence-corrected chi connectivity index (χ3v) is 12.8. The Morgan fingerprint density at radius 2 is 1.43 bits per heavy atom. The summed E-state index contributed by atoms with van der Waals surface area (Å²) in [6.45, 7) is 11.7. The van der Waals surface area contributed by atoms with Gasteiger partial charge in [-0.2, -0.15) is 0 Å². The van der Waals surface area contributed by atoms with Gasteiger partial charge in [-0.1, -0.05) is 26.3 Å². The molecular formula is C30H40O7. The fourth-order valence-corrected chi connectivity index (χ4v) is 11.4. The Morgan fingerprint density at radius 1 is 0.838 bits per heavy atom. The molecule has 0 spiro atoms. The van der Waals surface area contributed by atoms with Crippen molar-refractivity contribution in [2.75, 3.05) is 0 Å². The normalized spacial score (nSPS) is 59.7. The number of carbonyl (C=O) groups excluding carboxylic acids is 3. The van der Waals surface area contributed by atoms with E-state index in [1.807, 2.05) is 34.6 Å². The number of ketones is 1. The van der Waals surface area contributed by atoms with Crippen LogP contribution in [-0.2, 0) is 23.9 Å². The van der Waals surface area contributed by atoms with E-state index < -0.39 is 28.6 Å². The molecule has 2 bridgehead atoms. The summed E-state index contributed by atoms with van der Waals surface area (Å²) in [6, 6.07) is 0. The third kappa shape index (κ3) is 2.55. The number of esters is 2. The van der Waals surface area contributed by atoms with Gasteiger partial charge in [0.15, 0.2) is 0 Å². The molecule has 15 atom stereocenters. The standard InChI is InChI=1S/C30H40O7/c1-11-15-7-9-28(5,34)21-17(23(15)36-26(11)32)13(3)20-18(21)19-22(31)14(4)30(20)24(19)29(6,35)10-8-16-12(2)27(33)37-25(16)30/h11-12,14-16,18-21,23-25,34-35H,7-10H2,1-6H3/t11-,12-,14+,15-,16-,18-,19-,20-,21-,23-,24-,25-,28-,29-,30+/m0/s1. The third-order valence-electron chi connectivity index (χ3n) is 12.8. The van der Waals surface area contributed by atoms with Crippen molar-refractivity contribution in [1.82, 2.24) is 0 Å². The summed E-state index contributed by atoms with van der Waals surface area (Å²) >= 11 is 0. The lowest BCUT2D eigenvalue weighted by atomic mass is 9.56. The van der Waals surface area contributed by atoms with Crippen LogP contribution in [0.25, 0.3) is 0 Å². The molecule has 2 saturated heterocycles. The Labute approximate surface area is 218 Å². The molecule has 0 aromatic rings. The molecule has 7 nitrogen and oxygen atoms in total. The number of carbonyl (C=O) groups is 3. The zero-order valence-electron chi connectivity index (χ0n) is 22.7. The van der Waals surface area contributed by atoms with Crippen LogP contribution in [0.15, 0.2) is 11.1 Å². The predicted octanol–water partition coefficient (Wildman–Crippen LogP) is 3.06. The summed E-state index contributed by atoms with van der Waals surface area (Å²) in [6.07, 6.45) is 1.59. The fourth-order valence-electron chi connectivity index (χ4n) is 11.4. The SMILES string of the molecule is CC1=C2[C@H]3OC(=O)[C@@H](C)[C@@H]3CC[C@](C)(O)[C@@H]2[C@H]2[C@H]3C(=O)[C@@H](C)[C@]4([C@@H]3[C@@](C)(O)CC[C@H]3[C@H](C)C(=O)O[C@@H]34)[C@@H]12. The second-order valence-electron chi connectivity index (χ2n) is 14.2. The summed E-state index contributed by atoms with van der Waals surface area (Å²) in [7, 11) is 0. The van der Waals surface area contributed by atoms with Gasteiger partial charge in [0.2, 0.25) is 0 Å². The van der Waals surface area contributed by atoms with Crippen molar-refractivity contribution in [3.8, 4) is 0 Å². The molecule has 0 unspecified atom stereocenters. The molecule has 4 saturated carbocycles. The van der Waals surface area contributed by atoms with E-state index in [-0.39, 0.29) is 77.1 Å². The van der Waals surface area contributed by atoms with Crippen molar-refractivity contribution in [3.05, 3.63) is 11.1 Å². The highest BCUT2D eigenvalue weighted by molar-refractivity contribution is 5.91. The Hall–Kier alpha value is -1.73. The second-order valence-corrected chi connectivity index (χ2v) is 14.2. The van der Waals surface area contributed by atoms with E-state index >= 15 is 0 Å². The summed E-state index contributed by atoms with van der Waals surface area (Å²) in [5.74, 6) is -2.64. The van der Waals surface area contributed by atoms with Crippen molar-refractivity contribution in [2.24, 2.45) is 64.6 Å². The molecule has 7 heteroatoms. The molecular weight excluding hydrogens is 472 g/mol. The first-order chi connectivity index (χ1) is 17.3. The lowest BCUT2D eigenvalue weighted by molar-refractivity contribution is -0.162. The lowest BCUT2D eigenvalue weighted by Crippen LogP contribution is -2.54. The maximum atomic E-state index is 14.2. The first-order valence-corrected chi connectivity index (χ1v) is 14.4. The van der Waals surface area contributed by atoms with Gasteiger partial charge in [0.05, 0.1) is 23.0 Å². The summed E-state index contributed by atoms with van der Waals surface area (Å²) < 4.78 is 12.3. The van der Waals surface area contributed by atoms with Crippen molar-refractivity contribution >= 4 is 17.7 Å². The minimum absolute atomic E-state index is 0.00106. The van der Waals surface area contributed by atoms with Gasteiger partial charge in [0, 0.05) is 40.9 Å². The van der Waals surface area contributed by atoms with E-state index in [1.54, 1.807) is 0 Å². The summed E-state index contributed by atoms with van der Waals surface area (Å²) in [5.41, 5.74) is -0.794. The average Bonchev–Trinajstić information content (AvgIpc) is 3.50. The van der Waals surface area contributed by atoms with Crippen molar-refractivity contribution in [2.45, 2.75) is 90.6 Å². The highest BCUT2D eigenvalue weighted by atomic mass is 16.6. The van der Waals surface area contributed by atoms with E-state index in [0.717, 1.165) is 11.1 Å². The number of fused-ring (bicyclic) bond motifs is 7. The van der Waals surface area contributed by atoms with Gasteiger partial charge in [-0.05, 0) is 63.9 Å². The molecule has 7 aliphatic rings. The zero-order valence-corrected chi connectivity index (χ0v) is 22.7. The van der Waals surface area contributed by atoms with Crippen LogP contribution >= 0.6 is 0 Å². The van der Waals surface area contributed by atoms with E-state index in [0.29, 0.717) is 25.7 Å². The monoisotopic (exact) mass is 512 g/mol. The molecule has 2 aliphatic heterocycles. The van der Waals surface area contributed by atoms with Crippen LogP contribution in [0.3, 0.4) is 0 Å². The number of Topliss-reactive ketones (excluding diaryl/α,β-unsaturated/α-hetero) is 1. The maximum absolute atomic E-state index is 14.2. The van der Waals surface area contributed by atoms with Crippen LogP contribution < -0.4 is 0 Å². The van der Waals surface area contributed by atoms with Gasteiger partial charge < -0.3 is 19.7 Å². The predicted molar refractivity (Wildman–Crippen MR) is 132 cm³/mol. The van der Waals surface area contributed by atoms with E-state index in [9.17, 15) is 24.6 Å². The average molecular weight is 513 g/mol. The molecule has 2 N–H and O–H groups in total. The first kappa shape index (κ1) is 24.3. The summed E-state index contributed by atoms with van der Waals surface area (Å²) in [5, 5.41) is 24.1. The molecule has 0 radical (unpaired) electrons. The van der Waals surface area contributed by atoms with Crippen LogP contribution in [-0.4, -0.2) is 51.3 Å². The Morgan fingerprint density at radius 3 is 2.14 bits per heavy atom. The highest BCUT2D eigenvalue weighted by Crippen LogP contribution is 2.79.